The summed E-state index contributed by atoms with van der Waals surface area (Å²) < 4.78 is 50.5. The van der Waals surface area contributed by atoms with Crippen molar-refractivity contribution < 1.29 is 17.2 Å². The number of alkyl halides is 2. The van der Waals surface area contributed by atoms with Gasteiger partial charge in [0.25, 0.3) is 16.4 Å². The second-order valence-corrected chi connectivity index (χ2v) is 5.74. The minimum absolute atomic E-state index is 0.317. The predicted octanol–water partition coefficient (Wildman–Crippen LogP) is 0.613. The first kappa shape index (κ1) is 13.3. The maximum Gasteiger partial charge on any atom is 0.280 e. The molecule has 0 unspecified atom stereocenters. The Morgan fingerprint density at radius 3 is 2.56 bits per heavy atom. The standard InChI is InChI=1S/C10H13F2N3O2S/c11-10(12)8-2-1-3-9(14-8)18(16,17)15-6-4-13-5-7-15/h1-3,10,13H,4-7H2. The summed E-state index contributed by atoms with van der Waals surface area (Å²) in [6, 6.07) is 3.63. The van der Waals surface area contributed by atoms with E-state index in [-0.39, 0.29) is 5.03 Å². The third-order valence-corrected chi connectivity index (χ3v) is 4.45. The maximum absolute atomic E-state index is 12.5. The van der Waals surface area contributed by atoms with Crippen LogP contribution in [0.3, 0.4) is 0 Å². The molecule has 1 N–H and O–H groups in total. The molecule has 0 spiro atoms. The van der Waals surface area contributed by atoms with E-state index in [1.54, 1.807) is 0 Å². The van der Waals surface area contributed by atoms with Crippen LogP contribution < -0.4 is 5.32 Å². The van der Waals surface area contributed by atoms with E-state index in [1.165, 1.54) is 16.4 Å². The minimum Gasteiger partial charge on any atom is -0.314 e. The van der Waals surface area contributed by atoms with E-state index in [4.69, 9.17) is 0 Å². The Balaban J connectivity index is 2.31. The van der Waals surface area contributed by atoms with Crippen molar-refractivity contribution in [2.75, 3.05) is 26.2 Å². The summed E-state index contributed by atoms with van der Waals surface area (Å²) in [7, 11) is -3.77. The van der Waals surface area contributed by atoms with Gasteiger partial charge < -0.3 is 5.32 Å². The molecule has 0 bridgehead atoms. The molecule has 100 valence electrons. The highest BCUT2D eigenvalue weighted by Gasteiger charge is 2.27. The Morgan fingerprint density at radius 2 is 1.94 bits per heavy atom. The van der Waals surface area contributed by atoms with Gasteiger partial charge in [0.05, 0.1) is 0 Å². The normalized spacial score (nSPS) is 18.2. The number of rotatable bonds is 3. The number of piperazine rings is 1. The topological polar surface area (TPSA) is 62.3 Å². The van der Waals surface area contributed by atoms with Crippen LogP contribution in [0.15, 0.2) is 23.2 Å². The molecule has 0 aromatic carbocycles. The average Bonchev–Trinajstić information content (AvgIpc) is 2.40. The Bertz CT molecular complexity index is 516. The second-order valence-electron chi connectivity index (χ2n) is 3.86. The lowest BCUT2D eigenvalue weighted by Crippen LogP contribution is -2.46. The third-order valence-electron chi connectivity index (χ3n) is 2.65. The molecule has 0 amide bonds. The zero-order chi connectivity index (χ0) is 13.2. The summed E-state index contributed by atoms with van der Waals surface area (Å²) in [5.41, 5.74) is -0.522. The van der Waals surface area contributed by atoms with E-state index < -0.39 is 22.1 Å². The van der Waals surface area contributed by atoms with Gasteiger partial charge in [0.1, 0.15) is 5.69 Å². The van der Waals surface area contributed by atoms with E-state index in [9.17, 15) is 17.2 Å². The number of halogens is 2. The molecule has 0 radical (unpaired) electrons. The summed E-state index contributed by atoms with van der Waals surface area (Å²) in [4.78, 5) is 3.52. The quantitative estimate of drug-likeness (QED) is 0.879. The van der Waals surface area contributed by atoms with Crippen LogP contribution >= 0.6 is 0 Å². The molecule has 1 aliphatic heterocycles. The van der Waals surface area contributed by atoms with Gasteiger partial charge in [-0.1, -0.05) is 6.07 Å². The molecule has 2 heterocycles. The first-order chi connectivity index (χ1) is 8.51. The number of hydrogen-bond acceptors (Lipinski definition) is 4. The van der Waals surface area contributed by atoms with Crippen molar-refractivity contribution in [2.45, 2.75) is 11.5 Å². The number of nitrogens with one attached hydrogen (secondary N) is 1. The van der Waals surface area contributed by atoms with E-state index in [0.29, 0.717) is 26.2 Å². The molecule has 1 aliphatic rings. The van der Waals surface area contributed by atoms with Gasteiger partial charge >= 0.3 is 0 Å². The van der Waals surface area contributed by atoms with Gasteiger partial charge in [-0.25, -0.2) is 22.2 Å². The van der Waals surface area contributed by atoms with Crippen LogP contribution in [0.25, 0.3) is 0 Å². The van der Waals surface area contributed by atoms with Gasteiger partial charge in [0.15, 0.2) is 5.03 Å². The summed E-state index contributed by atoms with van der Waals surface area (Å²) >= 11 is 0. The average molecular weight is 277 g/mol. The van der Waals surface area contributed by atoms with Crippen molar-refractivity contribution in [1.82, 2.24) is 14.6 Å². The lowest BCUT2D eigenvalue weighted by molar-refractivity contribution is 0.145. The lowest BCUT2D eigenvalue weighted by atomic mass is 10.4. The van der Waals surface area contributed by atoms with Crippen LogP contribution in [0, 0.1) is 0 Å². The summed E-state index contributed by atoms with van der Waals surface area (Å²) in [6.07, 6.45) is -2.77. The fourth-order valence-electron chi connectivity index (χ4n) is 1.71. The van der Waals surface area contributed by atoms with E-state index >= 15 is 0 Å². The molecule has 1 aromatic rings. The largest absolute Gasteiger partial charge is 0.314 e. The van der Waals surface area contributed by atoms with Crippen LogP contribution in [0.1, 0.15) is 12.1 Å². The van der Waals surface area contributed by atoms with Crippen molar-refractivity contribution in [1.29, 1.82) is 0 Å². The van der Waals surface area contributed by atoms with Crippen LogP contribution in [-0.2, 0) is 10.0 Å². The first-order valence-electron chi connectivity index (χ1n) is 5.48. The summed E-state index contributed by atoms with van der Waals surface area (Å²) in [5.74, 6) is 0. The van der Waals surface area contributed by atoms with Crippen molar-refractivity contribution in [3.63, 3.8) is 0 Å². The Labute approximate surface area is 104 Å². The number of sulfonamides is 1. The fraction of sp³-hybridized carbons (Fsp3) is 0.500. The number of nitrogens with zero attached hydrogens (tertiary/aromatic N) is 2. The summed E-state index contributed by atoms with van der Waals surface area (Å²) in [6.45, 7) is 1.74. The Kier molecular flexibility index (Phi) is 3.88. The SMILES string of the molecule is O=S(=O)(c1cccc(C(F)F)n1)N1CCNCC1. The summed E-state index contributed by atoms with van der Waals surface area (Å²) in [5, 5.41) is 2.70. The molecule has 18 heavy (non-hydrogen) atoms. The maximum atomic E-state index is 12.5. The molecule has 0 atom stereocenters. The smallest absolute Gasteiger partial charge is 0.280 e. The number of hydrogen-bond donors (Lipinski definition) is 1. The molecule has 2 rings (SSSR count). The molecular weight excluding hydrogens is 264 g/mol. The molecule has 8 heteroatoms. The van der Waals surface area contributed by atoms with Gasteiger partial charge in [-0.3, -0.25) is 0 Å². The van der Waals surface area contributed by atoms with Crippen molar-refractivity contribution in [3.05, 3.63) is 23.9 Å². The Hall–Kier alpha value is -1.12. The zero-order valence-electron chi connectivity index (χ0n) is 9.51. The van der Waals surface area contributed by atoms with E-state index in [1.807, 2.05) is 0 Å². The lowest BCUT2D eigenvalue weighted by Gasteiger charge is -2.26. The molecule has 5 nitrogen and oxygen atoms in total. The van der Waals surface area contributed by atoms with Crippen molar-refractivity contribution in [2.24, 2.45) is 0 Å². The second kappa shape index (κ2) is 5.25. The monoisotopic (exact) mass is 277 g/mol. The Morgan fingerprint density at radius 1 is 1.28 bits per heavy atom. The third kappa shape index (κ3) is 2.65. The molecule has 1 fully saturated rings. The number of pyridine rings is 1. The highest BCUT2D eigenvalue weighted by Crippen LogP contribution is 2.20. The van der Waals surface area contributed by atoms with Gasteiger partial charge in [-0.15, -0.1) is 0 Å². The van der Waals surface area contributed by atoms with Gasteiger partial charge in [0, 0.05) is 26.2 Å². The van der Waals surface area contributed by atoms with Crippen molar-refractivity contribution >= 4 is 10.0 Å². The van der Waals surface area contributed by atoms with E-state index in [0.717, 1.165) is 6.07 Å². The van der Waals surface area contributed by atoms with Gasteiger partial charge in [0.2, 0.25) is 0 Å². The zero-order valence-corrected chi connectivity index (χ0v) is 10.3. The van der Waals surface area contributed by atoms with E-state index in [2.05, 4.69) is 10.3 Å². The van der Waals surface area contributed by atoms with Crippen LogP contribution in [-0.4, -0.2) is 43.9 Å². The first-order valence-corrected chi connectivity index (χ1v) is 6.92. The minimum atomic E-state index is -3.77. The van der Waals surface area contributed by atoms with Crippen LogP contribution in [0.5, 0.6) is 0 Å². The molecule has 1 saturated heterocycles. The van der Waals surface area contributed by atoms with Crippen LogP contribution in [0.2, 0.25) is 0 Å². The van der Waals surface area contributed by atoms with Gasteiger partial charge in [-0.2, -0.15) is 4.31 Å². The highest BCUT2D eigenvalue weighted by atomic mass is 32.2. The molecule has 0 saturated carbocycles. The highest BCUT2D eigenvalue weighted by molar-refractivity contribution is 7.89. The molecular formula is C10H13F2N3O2S. The fourth-order valence-corrected chi connectivity index (χ4v) is 3.11. The number of aromatic nitrogens is 1. The predicted molar refractivity (Wildman–Crippen MR) is 60.8 cm³/mol. The molecule has 1 aromatic heterocycles. The van der Waals surface area contributed by atoms with Crippen molar-refractivity contribution in [3.8, 4) is 0 Å². The van der Waals surface area contributed by atoms with Crippen LogP contribution in [0.4, 0.5) is 8.78 Å². The molecule has 0 aliphatic carbocycles. The van der Waals surface area contributed by atoms with Gasteiger partial charge in [-0.05, 0) is 12.1 Å².